The standard InChI is InChI=1S/C22H16ClNO3S/c23-19-13-11-17(12-14-19)20-22(24-21(27-20)18-9-5-2-6-10-18)28(25,26)15-16-7-3-1-4-8-16/h1-14H,15H2. The van der Waals surface area contributed by atoms with Gasteiger partial charge in [0.1, 0.15) is 0 Å². The highest BCUT2D eigenvalue weighted by Crippen LogP contribution is 2.34. The Morgan fingerprint density at radius 2 is 1.39 bits per heavy atom. The molecule has 0 N–H and O–H groups in total. The second kappa shape index (κ2) is 7.62. The summed E-state index contributed by atoms with van der Waals surface area (Å²) in [5.74, 6) is 0.318. The molecule has 0 unspecified atom stereocenters. The molecule has 4 aromatic rings. The molecule has 28 heavy (non-hydrogen) atoms. The fourth-order valence-corrected chi connectivity index (χ4v) is 4.42. The number of nitrogens with zero attached hydrogens (tertiary/aromatic N) is 1. The Labute approximate surface area is 168 Å². The molecule has 1 aromatic heterocycles. The van der Waals surface area contributed by atoms with Gasteiger partial charge in [0.15, 0.2) is 5.76 Å². The van der Waals surface area contributed by atoms with Crippen LogP contribution in [0.15, 0.2) is 94.4 Å². The first kappa shape index (κ1) is 18.5. The molecule has 0 bridgehead atoms. The Bertz CT molecular complexity index is 1190. The Balaban J connectivity index is 1.84. The van der Waals surface area contributed by atoms with Crippen LogP contribution < -0.4 is 0 Å². The third-order valence-electron chi connectivity index (χ3n) is 4.22. The molecular weight excluding hydrogens is 394 g/mol. The van der Waals surface area contributed by atoms with Crippen LogP contribution in [0.25, 0.3) is 22.8 Å². The van der Waals surface area contributed by atoms with E-state index in [0.717, 1.165) is 0 Å². The van der Waals surface area contributed by atoms with E-state index in [2.05, 4.69) is 4.98 Å². The van der Waals surface area contributed by atoms with Crippen LogP contribution in [0.3, 0.4) is 0 Å². The molecule has 0 spiro atoms. The van der Waals surface area contributed by atoms with E-state index in [-0.39, 0.29) is 22.4 Å². The lowest BCUT2D eigenvalue weighted by molar-refractivity contribution is 0.579. The molecule has 0 aliphatic carbocycles. The highest BCUT2D eigenvalue weighted by atomic mass is 35.5. The number of sulfone groups is 1. The van der Waals surface area contributed by atoms with Gasteiger partial charge in [-0.25, -0.2) is 8.42 Å². The van der Waals surface area contributed by atoms with Crippen LogP contribution in [0, 0.1) is 0 Å². The average Bonchev–Trinajstić information content (AvgIpc) is 3.16. The predicted molar refractivity (Wildman–Crippen MR) is 110 cm³/mol. The first-order valence-corrected chi connectivity index (χ1v) is 10.6. The van der Waals surface area contributed by atoms with Crippen molar-refractivity contribution in [3.05, 3.63) is 95.5 Å². The van der Waals surface area contributed by atoms with Crippen molar-refractivity contribution in [2.24, 2.45) is 0 Å². The fourth-order valence-electron chi connectivity index (χ4n) is 2.87. The zero-order valence-electron chi connectivity index (χ0n) is 14.7. The molecule has 0 saturated heterocycles. The highest BCUT2D eigenvalue weighted by molar-refractivity contribution is 7.90. The van der Waals surface area contributed by atoms with Crippen molar-refractivity contribution in [3.8, 4) is 22.8 Å². The lowest BCUT2D eigenvalue weighted by Crippen LogP contribution is -2.07. The van der Waals surface area contributed by atoms with Crippen LogP contribution in [0.2, 0.25) is 5.02 Å². The maximum atomic E-state index is 13.2. The van der Waals surface area contributed by atoms with Gasteiger partial charge in [-0.3, -0.25) is 0 Å². The molecule has 0 aliphatic rings. The van der Waals surface area contributed by atoms with Gasteiger partial charge in [0.2, 0.25) is 20.8 Å². The molecular formula is C22H16ClNO3S. The smallest absolute Gasteiger partial charge is 0.228 e. The summed E-state index contributed by atoms with van der Waals surface area (Å²) >= 11 is 5.97. The Morgan fingerprint density at radius 1 is 0.786 bits per heavy atom. The highest BCUT2D eigenvalue weighted by Gasteiger charge is 2.27. The number of aromatic nitrogens is 1. The molecule has 0 amide bonds. The number of hydrogen-bond donors (Lipinski definition) is 0. The van der Waals surface area contributed by atoms with Crippen molar-refractivity contribution in [3.63, 3.8) is 0 Å². The van der Waals surface area contributed by atoms with E-state index < -0.39 is 9.84 Å². The van der Waals surface area contributed by atoms with Crippen molar-refractivity contribution in [1.29, 1.82) is 0 Å². The topological polar surface area (TPSA) is 60.2 Å². The monoisotopic (exact) mass is 409 g/mol. The molecule has 4 rings (SSSR count). The Kier molecular flexibility index (Phi) is 5.03. The lowest BCUT2D eigenvalue weighted by atomic mass is 10.2. The molecule has 0 atom stereocenters. The average molecular weight is 410 g/mol. The molecule has 4 nitrogen and oxygen atoms in total. The van der Waals surface area contributed by atoms with Gasteiger partial charge in [-0.05, 0) is 42.0 Å². The van der Waals surface area contributed by atoms with E-state index in [1.165, 1.54) is 0 Å². The lowest BCUT2D eigenvalue weighted by Gasteiger charge is -2.04. The van der Waals surface area contributed by atoms with Crippen molar-refractivity contribution in [2.45, 2.75) is 10.8 Å². The van der Waals surface area contributed by atoms with E-state index in [1.54, 1.807) is 36.4 Å². The van der Waals surface area contributed by atoms with Gasteiger partial charge in [0.05, 0.1) is 5.75 Å². The second-order valence-corrected chi connectivity index (χ2v) is 8.61. The van der Waals surface area contributed by atoms with Crippen molar-refractivity contribution in [1.82, 2.24) is 4.98 Å². The predicted octanol–water partition coefficient (Wildman–Crippen LogP) is 5.64. The van der Waals surface area contributed by atoms with Crippen LogP contribution in [-0.4, -0.2) is 13.4 Å². The maximum Gasteiger partial charge on any atom is 0.228 e. The number of benzene rings is 3. The summed E-state index contributed by atoms with van der Waals surface area (Å²) < 4.78 is 32.2. The van der Waals surface area contributed by atoms with Crippen molar-refractivity contribution in [2.75, 3.05) is 0 Å². The van der Waals surface area contributed by atoms with Crippen LogP contribution >= 0.6 is 11.6 Å². The van der Waals surface area contributed by atoms with Crippen LogP contribution in [0.5, 0.6) is 0 Å². The normalized spacial score (nSPS) is 11.5. The van der Waals surface area contributed by atoms with Gasteiger partial charge in [0, 0.05) is 16.1 Å². The van der Waals surface area contributed by atoms with Gasteiger partial charge in [0.25, 0.3) is 0 Å². The SMILES string of the molecule is O=S(=O)(Cc1ccccc1)c1nc(-c2ccccc2)oc1-c1ccc(Cl)cc1. The number of hydrogen-bond acceptors (Lipinski definition) is 4. The molecule has 3 aromatic carbocycles. The van der Waals surface area contributed by atoms with Crippen LogP contribution in [0.4, 0.5) is 0 Å². The van der Waals surface area contributed by atoms with E-state index in [9.17, 15) is 8.42 Å². The Hall–Kier alpha value is -2.89. The molecule has 0 fully saturated rings. The summed E-state index contributed by atoms with van der Waals surface area (Å²) in [6.45, 7) is 0. The number of oxazole rings is 1. The summed E-state index contributed by atoms with van der Waals surface area (Å²) in [4.78, 5) is 4.36. The van der Waals surface area contributed by atoms with Crippen molar-refractivity contribution >= 4 is 21.4 Å². The van der Waals surface area contributed by atoms with Gasteiger partial charge in [-0.1, -0.05) is 60.1 Å². The van der Waals surface area contributed by atoms with Gasteiger partial charge < -0.3 is 4.42 Å². The zero-order chi connectivity index (χ0) is 19.6. The molecule has 1 heterocycles. The third kappa shape index (κ3) is 3.86. The summed E-state index contributed by atoms with van der Waals surface area (Å²) in [6.07, 6.45) is 0. The van der Waals surface area contributed by atoms with Crippen molar-refractivity contribution < 1.29 is 12.8 Å². The second-order valence-electron chi connectivity index (χ2n) is 6.27. The maximum absolute atomic E-state index is 13.2. The van der Waals surface area contributed by atoms with Crippen LogP contribution in [-0.2, 0) is 15.6 Å². The third-order valence-corrected chi connectivity index (χ3v) is 6.05. The molecule has 6 heteroatoms. The van der Waals surface area contributed by atoms with E-state index in [0.29, 0.717) is 21.7 Å². The van der Waals surface area contributed by atoms with Gasteiger partial charge in [-0.2, -0.15) is 4.98 Å². The summed E-state index contributed by atoms with van der Waals surface area (Å²) in [7, 11) is -3.73. The number of rotatable bonds is 5. The minimum Gasteiger partial charge on any atom is -0.435 e. The minimum absolute atomic E-state index is 0.0717. The minimum atomic E-state index is -3.73. The summed E-state index contributed by atoms with van der Waals surface area (Å²) in [6, 6.07) is 25.1. The van der Waals surface area contributed by atoms with Crippen LogP contribution in [0.1, 0.15) is 5.56 Å². The molecule has 140 valence electrons. The summed E-state index contributed by atoms with van der Waals surface area (Å²) in [5.41, 5.74) is 2.00. The molecule has 0 saturated carbocycles. The first-order valence-electron chi connectivity index (χ1n) is 8.62. The van der Waals surface area contributed by atoms with E-state index >= 15 is 0 Å². The zero-order valence-corrected chi connectivity index (χ0v) is 16.3. The Morgan fingerprint density at radius 3 is 2.04 bits per heavy atom. The quantitative estimate of drug-likeness (QED) is 0.428. The largest absolute Gasteiger partial charge is 0.435 e. The molecule has 0 aliphatic heterocycles. The number of halogens is 1. The first-order chi connectivity index (χ1) is 13.5. The molecule has 0 radical (unpaired) electrons. The van der Waals surface area contributed by atoms with E-state index in [4.69, 9.17) is 16.0 Å². The van der Waals surface area contributed by atoms with Gasteiger partial charge in [-0.15, -0.1) is 0 Å². The fraction of sp³-hybridized carbons (Fsp3) is 0.0455. The van der Waals surface area contributed by atoms with E-state index in [1.807, 2.05) is 48.5 Å². The van der Waals surface area contributed by atoms with Gasteiger partial charge >= 0.3 is 0 Å². The summed E-state index contributed by atoms with van der Waals surface area (Å²) in [5, 5.41) is 0.484.